The quantitative estimate of drug-likeness (QED) is 0.423. The van der Waals surface area contributed by atoms with E-state index in [1.165, 1.54) is 12.1 Å². The predicted octanol–water partition coefficient (Wildman–Crippen LogP) is 4.37. The van der Waals surface area contributed by atoms with Crippen LogP contribution in [-0.4, -0.2) is 23.4 Å². The maximum absolute atomic E-state index is 12.5. The second-order valence-corrected chi connectivity index (χ2v) is 5.96. The number of ether oxygens (including phenoxy) is 1. The Bertz CT molecular complexity index is 831. The van der Waals surface area contributed by atoms with Crippen molar-refractivity contribution in [3.05, 3.63) is 69.3 Å². The van der Waals surface area contributed by atoms with Crippen molar-refractivity contribution < 1.29 is 19.2 Å². The van der Waals surface area contributed by atoms with E-state index in [2.05, 4.69) is 12.2 Å². The second kappa shape index (κ2) is 9.47. The largest absolute Gasteiger partial charge is 0.462 e. The van der Waals surface area contributed by atoms with E-state index in [0.29, 0.717) is 5.56 Å². The van der Waals surface area contributed by atoms with Crippen LogP contribution in [0.1, 0.15) is 53.0 Å². The van der Waals surface area contributed by atoms with Crippen molar-refractivity contribution in [1.29, 1.82) is 0 Å². The lowest BCUT2D eigenvalue weighted by Crippen LogP contribution is -2.16. The third kappa shape index (κ3) is 5.37. The van der Waals surface area contributed by atoms with Crippen molar-refractivity contribution in [1.82, 2.24) is 0 Å². The Hall–Kier alpha value is -3.22. The Morgan fingerprint density at radius 3 is 2.41 bits per heavy atom. The molecule has 0 saturated carbocycles. The molecular formula is C20H22N2O5. The minimum absolute atomic E-state index is 0.0442. The molecule has 0 atom stereocenters. The molecule has 0 unspecified atom stereocenters. The summed E-state index contributed by atoms with van der Waals surface area (Å²) in [5, 5.41) is 13.6. The topological polar surface area (TPSA) is 98.5 Å². The summed E-state index contributed by atoms with van der Waals surface area (Å²) in [5.74, 6) is -1.11. The van der Waals surface area contributed by atoms with Gasteiger partial charge in [0.2, 0.25) is 0 Å². The van der Waals surface area contributed by atoms with Crippen molar-refractivity contribution in [3.8, 4) is 0 Å². The Morgan fingerprint density at radius 2 is 1.81 bits per heavy atom. The summed E-state index contributed by atoms with van der Waals surface area (Å²) in [4.78, 5) is 35.0. The van der Waals surface area contributed by atoms with Gasteiger partial charge in [-0.3, -0.25) is 14.9 Å². The third-order valence-electron chi connectivity index (χ3n) is 3.99. The molecule has 2 rings (SSSR count). The molecule has 0 aliphatic heterocycles. The van der Waals surface area contributed by atoms with E-state index >= 15 is 0 Å². The van der Waals surface area contributed by atoms with Crippen LogP contribution in [0.2, 0.25) is 0 Å². The van der Waals surface area contributed by atoms with Gasteiger partial charge >= 0.3 is 5.97 Å². The van der Waals surface area contributed by atoms with Crippen LogP contribution in [0.5, 0.6) is 0 Å². The number of esters is 1. The third-order valence-corrected chi connectivity index (χ3v) is 3.99. The lowest BCUT2D eigenvalue weighted by Gasteiger charge is -2.11. The molecule has 0 aliphatic carbocycles. The van der Waals surface area contributed by atoms with Gasteiger partial charge in [0.15, 0.2) is 0 Å². The summed E-state index contributed by atoms with van der Waals surface area (Å²) in [5.41, 5.74) is 1.42. The molecule has 0 aliphatic rings. The van der Waals surface area contributed by atoms with Gasteiger partial charge in [-0.25, -0.2) is 4.79 Å². The maximum Gasteiger partial charge on any atom is 0.340 e. The van der Waals surface area contributed by atoms with Crippen molar-refractivity contribution in [2.24, 2.45) is 0 Å². The molecule has 0 saturated heterocycles. The number of nitro benzene ring substituents is 1. The maximum atomic E-state index is 12.5. The first kappa shape index (κ1) is 20.1. The molecule has 1 N–H and O–H groups in total. The number of nitrogens with one attached hydrogen (secondary N) is 1. The average Bonchev–Trinajstić information content (AvgIpc) is 2.66. The number of nitro groups is 1. The van der Waals surface area contributed by atoms with Gasteiger partial charge < -0.3 is 10.1 Å². The molecule has 27 heavy (non-hydrogen) atoms. The number of benzene rings is 2. The smallest absolute Gasteiger partial charge is 0.340 e. The van der Waals surface area contributed by atoms with Crippen LogP contribution in [0, 0.1) is 10.1 Å². The number of carbonyl (C=O) groups excluding carboxylic acids is 2. The van der Waals surface area contributed by atoms with Crippen LogP contribution in [0.15, 0.2) is 42.5 Å². The molecule has 0 radical (unpaired) electrons. The van der Waals surface area contributed by atoms with Crippen LogP contribution in [0.25, 0.3) is 0 Å². The number of rotatable bonds is 8. The first-order chi connectivity index (χ1) is 13.0. The van der Waals surface area contributed by atoms with Gasteiger partial charge in [0.25, 0.3) is 11.6 Å². The van der Waals surface area contributed by atoms with Crippen molar-refractivity contribution >= 4 is 23.3 Å². The molecule has 0 heterocycles. The molecule has 0 fully saturated rings. The van der Waals surface area contributed by atoms with Gasteiger partial charge in [0.05, 0.1) is 22.8 Å². The van der Waals surface area contributed by atoms with Gasteiger partial charge in [-0.1, -0.05) is 25.5 Å². The van der Waals surface area contributed by atoms with E-state index < -0.39 is 16.8 Å². The second-order valence-electron chi connectivity index (χ2n) is 5.96. The lowest BCUT2D eigenvalue weighted by molar-refractivity contribution is -0.384. The number of anilines is 1. The number of unbranched alkanes of at least 4 members (excludes halogenated alkanes) is 1. The summed E-state index contributed by atoms with van der Waals surface area (Å²) in [6.07, 6.45) is 3.10. The molecule has 0 bridgehead atoms. The van der Waals surface area contributed by atoms with Crippen molar-refractivity contribution in [2.45, 2.75) is 33.1 Å². The minimum atomic E-state index is -0.655. The summed E-state index contributed by atoms with van der Waals surface area (Å²) < 4.78 is 4.95. The monoisotopic (exact) mass is 370 g/mol. The highest BCUT2D eigenvalue weighted by molar-refractivity contribution is 6.08. The van der Waals surface area contributed by atoms with Crippen LogP contribution in [0.3, 0.4) is 0 Å². The highest BCUT2D eigenvalue weighted by atomic mass is 16.6. The van der Waals surface area contributed by atoms with E-state index in [1.807, 2.05) is 12.1 Å². The Labute approximate surface area is 157 Å². The lowest BCUT2D eigenvalue weighted by atomic mass is 10.1. The summed E-state index contributed by atoms with van der Waals surface area (Å²) in [6, 6.07) is 10.8. The number of carbonyl (C=O) groups is 2. The van der Waals surface area contributed by atoms with Crippen LogP contribution >= 0.6 is 0 Å². The number of amides is 1. The number of hydrogen-bond acceptors (Lipinski definition) is 5. The number of hydrogen-bond donors (Lipinski definition) is 1. The highest BCUT2D eigenvalue weighted by Crippen LogP contribution is 2.24. The van der Waals surface area contributed by atoms with E-state index in [4.69, 9.17) is 4.74 Å². The minimum Gasteiger partial charge on any atom is -0.462 e. The van der Waals surface area contributed by atoms with E-state index in [1.54, 1.807) is 19.1 Å². The van der Waals surface area contributed by atoms with Gasteiger partial charge in [-0.15, -0.1) is 0 Å². The molecule has 1 amide bonds. The van der Waals surface area contributed by atoms with E-state index in [9.17, 15) is 19.7 Å². The highest BCUT2D eigenvalue weighted by Gasteiger charge is 2.19. The van der Waals surface area contributed by atoms with E-state index in [0.717, 1.165) is 30.9 Å². The van der Waals surface area contributed by atoms with Gasteiger partial charge in [-0.05, 0) is 43.5 Å². The summed E-state index contributed by atoms with van der Waals surface area (Å²) in [7, 11) is 0. The van der Waals surface area contributed by atoms with Gasteiger partial charge in [0.1, 0.15) is 0 Å². The normalized spacial score (nSPS) is 10.3. The van der Waals surface area contributed by atoms with Crippen LogP contribution < -0.4 is 5.32 Å². The molecule has 7 heteroatoms. The molecule has 0 aromatic heterocycles. The first-order valence-electron chi connectivity index (χ1n) is 8.82. The van der Waals surface area contributed by atoms with E-state index in [-0.39, 0.29) is 23.5 Å². The zero-order chi connectivity index (χ0) is 19.8. The fraction of sp³-hybridized carbons (Fsp3) is 0.300. The zero-order valence-corrected chi connectivity index (χ0v) is 15.4. The van der Waals surface area contributed by atoms with Gasteiger partial charge in [0, 0.05) is 17.7 Å². The zero-order valence-electron chi connectivity index (χ0n) is 15.4. The molecule has 0 spiro atoms. The molecular weight excluding hydrogens is 348 g/mol. The van der Waals surface area contributed by atoms with Gasteiger partial charge in [-0.2, -0.15) is 0 Å². The molecule has 142 valence electrons. The van der Waals surface area contributed by atoms with Crippen LogP contribution in [-0.2, 0) is 11.2 Å². The van der Waals surface area contributed by atoms with Crippen molar-refractivity contribution in [3.63, 3.8) is 0 Å². The number of non-ortho nitro benzene ring substituents is 1. The molecule has 2 aromatic rings. The van der Waals surface area contributed by atoms with Crippen LogP contribution in [0.4, 0.5) is 11.4 Å². The Kier molecular flexibility index (Phi) is 7.05. The fourth-order valence-corrected chi connectivity index (χ4v) is 2.53. The molecule has 7 nitrogen and oxygen atoms in total. The fourth-order valence-electron chi connectivity index (χ4n) is 2.53. The SMILES string of the molecule is CCCCc1ccc(C(=O)Nc2cc([N+](=O)[O-])ccc2C(=O)OCC)cc1. The average molecular weight is 370 g/mol. The van der Waals surface area contributed by atoms with Crippen molar-refractivity contribution in [2.75, 3.05) is 11.9 Å². The summed E-state index contributed by atoms with van der Waals surface area (Å²) in [6.45, 7) is 3.92. The first-order valence-corrected chi connectivity index (χ1v) is 8.82. The standard InChI is InChI=1S/C20H22N2O5/c1-3-5-6-14-7-9-15(10-8-14)19(23)21-18-13-16(22(25)26)11-12-17(18)20(24)27-4-2/h7-13H,3-6H2,1-2H3,(H,21,23). The number of aryl methyl sites for hydroxylation is 1. The Balaban J connectivity index is 2.25. The summed E-state index contributed by atoms with van der Waals surface area (Å²) >= 11 is 0. The predicted molar refractivity (Wildman–Crippen MR) is 102 cm³/mol. The number of nitrogens with zero attached hydrogens (tertiary/aromatic N) is 1. The molecule has 2 aromatic carbocycles. The Morgan fingerprint density at radius 1 is 1.11 bits per heavy atom.